The van der Waals surface area contributed by atoms with Gasteiger partial charge in [-0.15, -0.1) is 11.3 Å². The molecular weight excluding hydrogens is 338 g/mol. The van der Waals surface area contributed by atoms with Gasteiger partial charge in [0.25, 0.3) is 5.91 Å². The number of aryl methyl sites for hydroxylation is 1. The van der Waals surface area contributed by atoms with Crippen molar-refractivity contribution < 1.29 is 14.0 Å². The molecule has 0 radical (unpaired) electrons. The number of rotatable bonds is 6. The molecule has 0 fully saturated rings. The van der Waals surface area contributed by atoms with Gasteiger partial charge in [-0.2, -0.15) is 0 Å². The molecule has 1 aromatic carbocycles. The summed E-state index contributed by atoms with van der Waals surface area (Å²) in [6.45, 7) is 2.18. The third-order valence-electron chi connectivity index (χ3n) is 3.52. The maximum Gasteiger partial charge on any atom is 0.251 e. The van der Waals surface area contributed by atoms with Crippen molar-refractivity contribution in [1.29, 1.82) is 0 Å². The Morgan fingerprint density at radius 3 is 2.64 bits per heavy atom. The first-order valence-electron chi connectivity index (χ1n) is 7.73. The molecule has 0 aliphatic rings. The fourth-order valence-corrected chi connectivity index (χ4v) is 3.16. The Balaban J connectivity index is 1.50. The highest BCUT2D eigenvalue weighted by molar-refractivity contribution is 7.15. The molecule has 128 valence electrons. The van der Waals surface area contributed by atoms with Crippen molar-refractivity contribution in [3.05, 3.63) is 64.9 Å². The number of benzene rings is 1. The van der Waals surface area contributed by atoms with Crippen molar-refractivity contribution in [2.24, 2.45) is 0 Å². The summed E-state index contributed by atoms with van der Waals surface area (Å²) in [5.41, 5.74) is 1.38. The molecule has 6 nitrogen and oxygen atoms in total. The van der Waals surface area contributed by atoms with Gasteiger partial charge in [-0.3, -0.25) is 9.59 Å². The van der Waals surface area contributed by atoms with Gasteiger partial charge in [0.2, 0.25) is 5.91 Å². The van der Waals surface area contributed by atoms with E-state index in [0.29, 0.717) is 17.9 Å². The predicted octanol–water partition coefficient (Wildman–Crippen LogP) is 2.76. The van der Waals surface area contributed by atoms with Gasteiger partial charge >= 0.3 is 0 Å². The van der Waals surface area contributed by atoms with E-state index in [1.165, 1.54) is 11.3 Å². The zero-order chi connectivity index (χ0) is 17.6. The second-order valence-electron chi connectivity index (χ2n) is 5.33. The molecule has 25 heavy (non-hydrogen) atoms. The minimum Gasteiger partial charge on any atom is -0.462 e. The van der Waals surface area contributed by atoms with Crippen molar-refractivity contribution in [2.75, 3.05) is 6.54 Å². The van der Waals surface area contributed by atoms with E-state index < -0.39 is 0 Å². The van der Waals surface area contributed by atoms with Crippen LogP contribution in [0.3, 0.4) is 0 Å². The molecule has 0 saturated heterocycles. The monoisotopic (exact) mass is 355 g/mol. The van der Waals surface area contributed by atoms with Crippen molar-refractivity contribution in [3.8, 4) is 10.8 Å². The fourth-order valence-electron chi connectivity index (χ4n) is 2.19. The Labute approximate surface area is 148 Å². The zero-order valence-corrected chi connectivity index (χ0v) is 14.4. The number of carbonyl (C=O) groups is 2. The molecule has 0 atom stereocenters. The number of nitrogens with zero attached hydrogens (tertiary/aromatic N) is 1. The van der Waals surface area contributed by atoms with Crippen LogP contribution in [0.2, 0.25) is 0 Å². The van der Waals surface area contributed by atoms with Gasteiger partial charge in [0.15, 0.2) is 10.8 Å². The first kappa shape index (κ1) is 16.9. The molecule has 7 heteroatoms. The summed E-state index contributed by atoms with van der Waals surface area (Å²) < 4.78 is 5.33. The molecule has 0 spiro atoms. The number of nitrogens with one attached hydrogen (secondary N) is 2. The van der Waals surface area contributed by atoms with E-state index in [-0.39, 0.29) is 18.4 Å². The van der Waals surface area contributed by atoms with Crippen LogP contribution in [-0.4, -0.2) is 23.3 Å². The van der Waals surface area contributed by atoms with Crippen LogP contribution in [0.15, 0.2) is 53.1 Å². The molecule has 3 rings (SSSR count). The fraction of sp³-hybridized carbons (Fsp3) is 0.167. The SMILES string of the molecule is Cc1nc(-c2ccco2)sc1CNC(=O)CNC(=O)c1ccccc1. The lowest BCUT2D eigenvalue weighted by Gasteiger charge is -2.06. The van der Waals surface area contributed by atoms with E-state index in [1.54, 1.807) is 30.5 Å². The second-order valence-corrected chi connectivity index (χ2v) is 6.41. The predicted molar refractivity (Wildman–Crippen MR) is 95.2 cm³/mol. The van der Waals surface area contributed by atoms with Gasteiger partial charge in [-0.05, 0) is 31.2 Å². The van der Waals surface area contributed by atoms with Gasteiger partial charge in [-0.1, -0.05) is 18.2 Å². The number of hydrogen-bond acceptors (Lipinski definition) is 5. The van der Waals surface area contributed by atoms with Crippen molar-refractivity contribution in [1.82, 2.24) is 15.6 Å². The molecule has 2 heterocycles. The Morgan fingerprint density at radius 2 is 1.92 bits per heavy atom. The van der Waals surface area contributed by atoms with Crippen molar-refractivity contribution >= 4 is 23.2 Å². The van der Waals surface area contributed by atoms with Crippen LogP contribution >= 0.6 is 11.3 Å². The number of aromatic nitrogens is 1. The van der Waals surface area contributed by atoms with Crippen LogP contribution in [0, 0.1) is 6.92 Å². The van der Waals surface area contributed by atoms with Crippen LogP contribution in [0.1, 0.15) is 20.9 Å². The second kappa shape index (κ2) is 7.76. The minimum atomic E-state index is -0.273. The van der Waals surface area contributed by atoms with Gasteiger partial charge in [0, 0.05) is 10.4 Å². The summed E-state index contributed by atoms with van der Waals surface area (Å²) >= 11 is 1.47. The number of furan rings is 1. The summed E-state index contributed by atoms with van der Waals surface area (Å²) in [5, 5.41) is 6.17. The molecule has 0 bridgehead atoms. The third kappa shape index (κ3) is 4.33. The summed E-state index contributed by atoms with van der Waals surface area (Å²) in [4.78, 5) is 29.2. The van der Waals surface area contributed by atoms with Gasteiger partial charge < -0.3 is 15.1 Å². The highest BCUT2D eigenvalue weighted by atomic mass is 32.1. The van der Waals surface area contributed by atoms with Gasteiger partial charge in [-0.25, -0.2) is 4.98 Å². The first-order chi connectivity index (χ1) is 12.1. The molecule has 2 aromatic heterocycles. The Bertz CT molecular complexity index is 857. The van der Waals surface area contributed by atoms with Crippen LogP contribution in [0.4, 0.5) is 0 Å². The standard InChI is InChI=1S/C18H17N3O3S/c1-12-15(25-18(21-12)14-8-5-9-24-14)10-19-16(22)11-20-17(23)13-6-3-2-4-7-13/h2-9H,10-11H2,1H3,(H,19,22)(H,20,23). The Hall–Kier alpha value is -2.93. The zero-order valence-electron chi connectivity index (χ0n) is 13.6. The van der Waals surface area contributed by atoms with E-state index in [9.17, 15) is 9.59 Å². The first-order valence-corrected chi connectivity index (χ1v) is 8.55. The third-order valence-corrected chi connectivity index (χ3v) is 4.69. The Morgan fingerprint density at radius 1 is 1.12 bits per heavy atom. The molecule has 2 amide bonds. The molecule has 2 N–H and O–H groups in total. The molecular formula is C18H17N3O3S. The number of thiazole rings is 1. The molecule has 0 saturated carbocycles. The van der Waals surface area contributed by atoms with Gasteiger partial charge in [0.1, 0.15) is 0 Å². The van der Waals surface area contributed by atoms with E-state index in [0.717, 1.165) is 15.6 Å². The smallest absolute Gasteiger partial charge is 0.251 e. The number of hydrogen-bond donors (Lipinski definition) is 2. The number of carbonyl (C=O) groups excluding carboxylic acids is 2. The topological polar surface area (TPSA) is 84.2 Å². The lowest BCUT2D eigenvalue weighted by atomic mass is 10.2. The summed E-state index contributed by atoms with van der Waals surface area (Å²) in [5.74, 6) is 0.183. The molecule has 0 aliphatic heterocycles. The van der Waals surface area contributed by atoms with E-state index >= 15 is 0 Å². The largest absolute Gasteiger partial charge is 0.462 e. The van der Waals surface area contributed by atoms with E-state index in [4.69, 9.17) is 4.42 Å². The quantitative estimate of drug-likeness (QED) is 0.712. The lowest BCUT2D eigenvalue weighted by molar-refractivity contribution is -0.120. The minimum absolute atomic E-state index is 0.0728. The highest BCUT2D eigenvalue weighted by Crippen LogP contribution is 2.27. The maximum absolute atomic E-state index is 11.9. The molecule has 0 aliphatic carbocycles. The average Bonchev–Trinajstić information content (AvgIpc) is 3.28. The van der Waals surface area contributed by atoms with Gasteiger partial charge in [0.05, 0.1) is 25.0 Å². The maximum atomic E-state index is 11.9. The van der Waals surface area contributed by atoms with Crippen LogP contribution in [0.5, 0.6) is 0 Å². The lowest BCUT2D eigenvalue weighted by Crippen LogP contribution is -2.36. The summed E-state index contributed by atoms with van der Waals surface area (Å²) in [6, 6.07) is 12.4. The normalized spacial score (nSPS) is 10.4. The Kier molecular flexibility index (Phi) is 5.25. The summed E-state index contributed by atoms with van der Waals surface area (Å²) in [6.07, 6.45) is 1.60. The average molecular weight is 355 g/mol. The van der Waals surface area contributed by atoms with E-state index in [2.05, 4.69) is 15.6 Å². The van der Waals surface area contributed by atoms with Crippen LogP contribution in [-0.2, 0) is 11.3 Å². The van der Waals surface area contributed by atoms with Crippen molar-refractivity contribution in [2.45, 2.75) is 13.5 Å². The van der Waals surface area contributed by atoms with E-state index in [1.807, 2.05) is 25.1 Å². The molecule has 3 aromatic rings. The number of amides is 2. The molecule has 0 unspecified atom stereocenters. The highest BCUT2D eigenvalue weighted by Gasteiger charge is 2.13. The van der Waals surface area contributed by atoms with Crippen molar-refractivity contribution in [3.63, 3.8) is 0 Å². The summed E-state index contributed by atoms with van der Waals surface area (Å²) in [7, 11) is 0. The van der Waals surface area contributed by atoms with Crippen LogP contribution < -0.4 is 10.6 Å². The van der Waals surface area contributed by atoms with Crippen LogP contribution in [0.25, 0.3) is 10.8 Å².